The summed E-state index contributed by atoms with van der Waals surface area (Å²) in [5.74, 6) is 0.0175. The van der Waals surface area contributed by atoms with Crippen LogP contribution in [0, 0.1) is 12.3 Å². The van der Waals surface area contributed by atoms with Crippen molar-refractivity contribution in [3.05, 3.63) is 101 Å². The molecule has 0 aromatic heterocycles. The van der Waals surface area contributed by atoms with Gasteiger partial charge in [0.2, 0.25) is 15.9 Å². The number of nitrogens with one attached hydrogen (secondary N) is 1. The summed E-state index contributed by atoms with van der Waals surface area (Å²) < 4.78 is 28.0. The number of sulfonamides is 1. The first-order valence-corrected chi connectivity index (χ1v) is 14.2. The highest BCUT2D eigenvalue weighted by molar-refractivity contribution is 7.89. The molecule has 6 heteroatoms. The Bertz CT molecular complexity index is 1250. The maximum Gasteiger partial charge on any atom is 0.243 e. The van der Waals surface area contributed by atoms with Crippen molar-refractivity contribution in [1.29, 1.82) is 0 Å². The first-order valence-electron chi connectivity index (χ1n) is 12.8. The molecule has 3 aromatic carbocycles. The van der Waals surface area contributed by atoms with Crippen LogP contribution in [0.5, 0.6) is 0 Å². The predicted octanol–water partition coefficient (Wildman–Crippen LogP) is 4.93. The summed E-state index contributed by atoms with van der Waals surface area (Å²) >= 11 is 0. The summed E-state index contributed by atoms with van der Waals surface area (Å²) in [5, 5.41) is 3.18. The first kappa shape index (κ1) is 26.1. The molecule has 4 rings (SSSR count). The number of carbonyl (C=O) groups excluding carboxylic acids is 1. The average molecular weight is 505 g/mol. The predicted molar refractivity (Wildman–Crippen MR) is 144 cm³/mol. The molecule has 0 spiro atoms. The van der Waals surface area contributed by atoms with Gasteiger partial charge in [-0.05, 0) is 67.9 Å². The third-order valence-electron chi connectivity index (χ3n) is 7.34. The summed E-state index contributed by atoms with van der Waals surface area (Å²) in [4.78, 5) is 13.9. The van der Waals surface area contributed by atoms with Crippen LogP contribution in [0.2, 0.25) is 0 Å². The lowest BCUT2D eigenvalue weighted by Crippen LogP contribution is -2.51. The molecule has 1 fully saturated rings. The van der Waals surface area contributed by atoms with Crippen molar-refractivity contribution >= 4 is 15.9 Å². The SMILES string of the molecule is CCc1ccc(CCNC(=O)C2(Cc3ccccc3)CCN(S(=O)(=O)c3ccc(C)cc3)CC2)cc1. The Balaban J connectivity index is 1.46. The van der Waals surface area contributed by atoms with Crippen LogP contribution in [0.15, 0.2) is 83.8 Å². The summed E-state index contributed by atoms with van der Waals surface area (Å²) in [6.45, 7) is 5.29. The molecule has 1 heterocycles. The van der Waals surface area contributed by atoms with Gasteiger partial charge in [0.05, 0.1) is 10.3 Å². The van der Waals surface area contributed by atoms with Crippen LogP contribution >= 0.6 is 0 Å². The van der Waals surface area contributed by atoms with E-state index in [0.717, 1.165) is 24.0 Å². The molecule has 1 aliphatic heterocycles. The van der Waals surface area contributed by atoms with Crippen LogP contribution in [0.3, 0.4) is 0 Å². The number of benzene rings is 3. The molecule has 0 radical (unpaired) electrons. The second kappa shape index (κ2) is 11.4. The van der Waals surface area contributed by atoms with Crippen molar-refractivity contribution in [2.45, 2.75) is 50.8 Å². The van der Waals surface area contributed by atoms with E-state index in [1.54, 1.807) is 12.1 Å². The van der Waals surface area contributed by atoms with E-state index in [1.165, 1.54) is 15.4 Å². The minimum Gasteiger partial charge on any atom is -0.355 e. The fraction of sp³-hybridized carbons (Fsp3) is 0.367. The Labute approximate surface area is 215 Å². The Morgan fingerprint density at radius 3 is 2.08 bits per heavy atom. The Morgan fingerprint density at radius 2 is 1.47 bits per heavy atom. The number of nitrogens with zero attached hydrogens (tertiary/aromatic N) is 1. The summed E-state index contributed by atoms with van der Waals surface area (Å²) in [7, 11) is -3.58. The lowest BCUT2D eigenvalue weighted by Gasteiger charge is -2.40. The van der Waals surface area contributed by atoms with Gasteiger partial charge in [-0.2, -0.15) is 4.31 Å². The van der Waals surface area contributed by atoms with E-state index in [2.05, 4.69) is 36.5 Å². The molecule has 0 unspecified atom stereocenters. The van der Waals surface area contributed by atoms with Gasteiger partial charge in [0, 0.05) is 19.6 Å². The van der Waals surface area contributed by atoms with Crippen molar-refractivity contribution in [3.8, 4) is 0 Å². The first-order chi connectivity index (χ1) is 17.3. The van der Waals surface area contributed by atoms with Gasteiger partial charge in [0.15, 0.2) is 0 Å². The van der Waals surface area contributed by atoms with Crippen molar-refractivity contribution < 1.29 is 13.2 Å². The number of piperidine rings is 1. The summed E-state index contributed by atoms with van der Waals surface area (Å²) in [6, 6.07) is 25.5. The average Bonchev–Trinajstić information content (AvgIpc) is 2.90. The molecular weight excluding hydrogens is 468 g/mol. The zero-order valence-corrected chi connectivity index (χ0v) is 22.1. The maximum absolute atomic E-state index is 13.6. The summed E-state index contributed by atoms with van der Waals surface area (Å²) in [6.07, 6.45) is 3.36. The number of rotatable bonds is 9. The number of hydrogen-bond acceptors (Lipinski definition) is 3. The molecule has 36 heavy (non-hydrogen) atoms. The Hall–Kier alpha value is -2.96. The third kappa shape index (κ3) is 6.05. The van der Waals surface area contributed by atoms with E-state index in [1.807, 2.05) is 49.4 Å². The highest BCUT2D eigenvalue weighted by Crippen LogP contribution is 2.37. The van der Waals surface area contributed by atoms with Gasteiger partial charge in [-0.3, -0.25) is 4.79 Å². The molecule has 0 bridgehead atoms. The van der Waals surface area contributed by atoms with Crippen molar-refractivity contribution in [2.24, 2.45) is 5.41 Å². The molecule has 1 amide bonds. The van der Waals surface area contributed by atoms with Gasteiger partial charge in [-0.15, -0.1) is 0 Å². The third-order valence-corrected chi connectivity index (χ3v) is 9.25. The second-order valence-corrected chi connectivity index (χ2v) is 11.8. The van der Waals surface area contributed by atoms with Crippen LogP contribution in [-0.2, 0) is 34.1 Å². The highest BCUT2D eigenvalue weighted by atomic mass is 32.2. The van der Waals surface area contributed by atoms with Gasteiger partial charge in [0.25, 0.3) is 0 Å². The largest absolute Gasteiger partial charge is 0.355 e. The zero-order valence-electron chi connectivity index (χ0n) is 21.2. The Morgan fingerprint density at radius 1 is 0.861 bits per heavy atom. The van der Waals surface area contributed by atoms with E-state index in [9.17, 15) is 13.2 Å². The van der Waals surface area contributed by atoms with E-state index >= 15 is 0 Å². The molecule has 1 saturated heterocycles. The van der Waals surface area contributed by atoms with Gasteiger partial charge in [-0.25, -0.2) is 8.42 Å². The molecule has 1 aliphatic rings. The van der Waals surface area contributed by atoms with E-state index in [4.69, 9.17) is 0 Å². The van der Waals surface area contributed by atoms with Gasteiger partial charge < -0.3 is 5.32 Å². The molecule has 5 nitrogen and oxygen atoms in total. The van der Waals surface area contributed by atoms with Crippen LogP contribution in [0.1, 0.15) is 42.0 Å². The zero-order chi connectivity index (χ0) is 25.6. The molecule has 3 aromatic rings. The Kier molecular flexibility index (Phi) is 8.27. The smallest absolute Gasteiger partial charge is 0.243 e. The normalized spacial score (nSPS) is 15.9. The van der Waals surface area contributed by atoms with Crippen molar-refractivity contribution in [3.63, 3.8) is 0 Å². The van der Waals surface area contributed by atoms with Gasteiger partial charge in [-0.1, -0.05) is 79.2 Å². The highest BCUT2D eigenvalue weighted by Gasteiger charge is 2.43. The van der Waals surface area contributed by atoms with E-state index in [0.29, 0.717) is 43.8 Å². The standard InChI is InChI=1S/C30H36N2O3S/c1-3-25-11-13-26(14-12-25)17-20-31-29(33)30(23-27-7-5-4-6-8-27)18-21-32(22-19-30)36(34,35)28-15-9-24(2)10-16-28/h4-16H,3,17-23H2,1-2H3,(H,31,33). The van der Waals surface area contributed by atoms with Crippen LogP contribution in [0.25, 0.3) is 0 Å². The molecule has 0 aliphatic carbocycles. The topological polar surface area (TPSA) is 66.5 Å². The molecular formula is C30H36N2O3S. The number of amides is 1. The second-order valence-electron chi connectivity index (χ2n) is 9.84. The van der Waals surface area contributed by atoms with Crippen LogP contribution < -0.4 is 5.32 Å². The number of aryl methyl sites for hydroxylation is 2. The minimum absolute atomic E-state index is 0.0175. The number of hydrogen-bond donors (Lipinski definition) is 1. The van der Waals surface area contributed by atoms with Crippen molar-refractivity contribution in [1.82, 2.24) is 9.62 Å². The van der Waals surface area contributed by atoms with Crippen LogP contribution in [0.4, 0.5) is 0 Å². The molecule has 0 atom stereocenters. The molecule has 1 N–H and O–H groups in total. The fourth-order valence-electron chi connectivity index (χ4n) is 4.93. The molecule has 190 valence electrons. The maximum atomic E-state index is 13.6. The quantitative estimate of drug-likeness (QED) is 0.449. The van der Waals surface area contributed by atoms with Gasteiger partial charge >= 0.3 is 0 Å². The number of carbonyl (C=O) groups is 1. The lowest BCUT2D eigenvalue weighted by molar-refractivity contribution is -0.133. The van der Waals surface area contributed by atoms with E-state index < -0.39 is 15.4 Å². The summed E-state index contributed by atoms with van der Waals surface area (Å²) in [5.41, 5.74) is 3.98. The van der Waals surface area contributed by atoms with Gasteiger partial charge in [0.1, 0.15) is 0 Å². The molecule has 0 saturated carbocycles. The van der Waals surface area contributed by atoms with E-state index in [-0.39, 0.29) is 5.91 Å². The van der Waals surface area contributed by atoms with Crippen molar-refractivity contribution in [2.75, 3.05) is 19.6 Å². The fourth-order valence-corrected chi connectivity index (χ4v) is 6.38. The monoisotopic (exact) mass is 504 g/mol. The minimum atomic E-state index is -3.58. The van der Waals surface area contributed by atoms with Crippen LogP contribution in [-0.4, -0.2) is 38.3 Å². The lowest BCUT2D eigenvalue weighted by atomic mass is 9.73.